The minimum absolute atomic E-state index is 0.115. The summed E-state index contributed by atoms with van der Waals surface area (Å²) in [5.41, 5.74) is 0.679. The largest absolute Gasteiger partial charge is 0.330 e. The van der Waals surface area contributed by atoms with Crippen LogP contribution in [0.3, 0.4) is 0 Å². The van der Waals surface area contributed by atoms with Crippen molar-refractivity contribution in [1.82, 2.24) is 15.5 Å². The van der Waals surface area contributed by atoms with Gasteiger partial charge in [-0.25, -0.2) is 4.79 Å². The van der Waals surface area contributed by atoms with Crippen LogP contribution in [0.2, 0.25) is 0 Å². The third kappa shape index (κ3) is 3.01. The van der Waals surface area contributed by atoms with Gasteiger partial charge < -0.3 is 10.6 Å². The number of anilines is 1. The molecule has 1 atom stereocenters. The van der Waals surface area contributed by atoms with E-state index in [0.29, 0.717) is 11.6 Å². The van der Waals surface area contributed by atoms with Crippen LogP contribution in [-0.4, -0.2) is 16.2 Å². The molecule has 1 aliphatic carbocycles. The lowest BCUT2D eigenvalue weighted by Crippen LogP contribution is -2.35. The van der Waals surface area contributed by atoms with E-state index in [4.69, 9.17) is 0 Å². The van der Waals surface area contributed by atoms with Gasteiger partial charge in [-0.3, -0.25) is 5.10 Å². The van der Waals surface area contributed by atoms with Gasteiger partial charge in [0, 0.05) is 11.1 Å². The van der Waals surface area contributed by atoms with E-state index in [1.807, 2.05) is 6.07 Å². The smallest absolute Gasteiger partial charge is 0.319 e. The molecule has 6 heteroatoms. The van der Waals surface area contributed by atoms with E-state index in [1.54, 1.807) is 23.7 Å². The SMILES string of the molecule is O=C(Nc1cn[nH]c1)N[C@@H](c1cccs1)C1CCCC1. The topological polar surface area (TPSA) is 69.8 Å². The summed E-state index contributed by atoms with van der Waals surface area (Å²) in [5.74, 6) is 0.545. The maximum atomic E-state index is 12.1. The number of nitrogens with zero attached hydrogens (tertiary/aromatic N) is 1. The van der Waals surface area contributed by atoms with Crippen LogP contribution < -0.4 is 10.6 Å². The van der Waals surface area contributed by atoms with Gasteiger partial charge >= 0.3 is 6.03 Å². The van der Waals surface area contributed by atoms with Crippen molar-refractivity contribution in [2.24, 2.45) is 5.92 Å². The lowest BCUT2D eigenvalue weighted by atomic mass is 9.97. The number of aromatic amines is 1. The van der Waals surface area contributed by atoms with Gasteiger partial charge in [0.25, 0.3) is 0 Å². The van der Waals surface area contributed by atoms with E-state index >= 15 is 0 Å². The lowest BCUT2D eigenvalue weighted by Gasteiger charge is -2.23. The molecular formula is C14H18N4OS. The molecule has 0 unspecified atom stereocenters. The number of urea groups is 1. The molecule has 0 radical (unpaired) electrons. The van der Waals surface area contributed by atoms with E-state index in [-0.39, 0.29) is 12.1 Å². The first kappa shape index (κ1) is 13.2. The molecule has 106 valence electrons. The third-order valence-electron chi connectivity index (χ3n) is 3.76. The van der Waals surface area contributed by atoms with Gasteiger partial charge in [0.15, 0.2) is 0 Å². The van der Waals surface area contributed by atoms with Crippen LogP contribution in [0.15, 0.2) is 29.9 Å². The van der Waals surface area contributed by atoms with E-state index in [9.17, 15) is 4.79 Å². The molecule has 2 heterocycles. The van der Waals surface area contributed by atoms with Crippen molar-refractivity contribution in [3.8, 4) is 0 Å². The minimum atomic E-state index is -0.170. The number of aromatic nitrogens is 2. The monoisotopic (exact) mass is 290 g/mol. The number of thiophene rings is 1. The predicted octanol–water partition coefficient (Wildman–Crippen LogP) is 3.52. The summed E-state index contributed by atoms with van der Waals surface area (Å²) >= 11 is 1.71. The molecule has 2 aromatic heterocycles. The Hall–Kier alpha value is -1.82. The number of rotatable bonds is 4. The summed E-state index contributed by atoms with van der Waals surface area (Å²) in [4.78, 5) is 13.3. The molecule has 0 saturated heterocycles. The summed E-state index contributed by atoms with van der Waals surface area (Å²) < 4.78 is 0. The van der Waals surface area contributed by atoms with Crippen molar-refractivity contribution in [1.29, 1.82) is 0 Å². The summed E-state index contributed by atoms with van der Waals surface area (Å²) in [6, 6.07) is 4.09. The molecule has 0 bridgehead atoms. The highest BCUT2D eigenvalue weighted by Gasteiger charge is 2.28. The summed E-state index contributed by atoms with van der Waals surface area (Å²) in [5, 5.41) is 14.5. The molecule has 1 fully saturated rings. The highest BCUT2D eigenvalue weighted by atomic mass is 32.1. The maximum Gasteiger partial charge on any atom is 0.319 e. The van der Waals surface area contributed by atoms with Crippen molar-refractivity contribution in [3.63, 3.8) is 0 Å². The molecule has 0 aliphatic heterocycles. The molecule has 2 aromatic rings. The Labute approximate surface area is 121 Å². The van der Waals surface area contributed by atoms with Gasteiger partial charge in [-0.15, -0.1) is 11.3 Å². The predicted molar refractivity (Wildman–Crippen MR) is 79.8 cm³/mol. The van der Waals surface area contributed by atoms with Gasteiger partial charge in [-0.2, -0.15) is 5.10 Å². The van der Waals surface area contributed by atoms with Gasteiger partial charge in [-0.05, 0) is 30.2 Å². The Morgan fingerprint density at radius 2 is 2.30 bits per heavy atom. The van der Waals surface area contributed by atoms with Crippen LogP contribution in [0.5, 0.6) is 0 Å². The van der Waals surface area contributed by atoms with Gasteiger partial charge in [0.05, 0.1) is 17.9 Å². The second kappa shape index (κ2) is 6.09. The second-order valence-electron chi connectivity index (χ2n) is 5.12. The standard InChI is InChI=1S/C14H18N4OS/c19-14(17-11-8-15-16-9-11)18-13(10-4-1-2-5-10)12-6-3-7-20-12/h3,6-10,13H,1-2,4-5H2,(H,15,16)(H2,17,18,19)/t13-/m1/s1. The van der Waals surface area contributed by atoms with Crippen molar-refractivity contribution >= 4 is 23.1 Å². The Balaban J connectivity index is 1.68. The first-order chi connectivity index (χ1) is 9.83. The van der Waals surface area contributed by atoms with Crippen LogP contribution in [-0.2, 0) is 0 Å². The summed E-state index contributed by atoms with van der Waals surface area (Å²) in [6.07, 6.45) is 8.16. The molecule has 2 amide bonds. The number of nitrogens with one attached hydrogen (secondary N) is 3. The number of carbonyl (C=O) groups is 1. The molecule has 0 spiro atoms. The molecule has 1 saturated carbocycles. The normalized spacial score (nSPS) is 17.0. The minimum Gasteiger partial charge on any atom is -0.330 e. The molecular weight excluding hydrogens is 272 g/mol. The van der Waals surface area contributed by atoms with Gasteiger partial charge in [0.1, 0.15) is 0 Å². The fourth-order valence-corrected chi connectivity index (χ4v) is 3.68. The Kier molecular flexibility index (Phi) is 4.01. The van der Waals surface area contributed by atoms with Crippen molar-refractivity contribution in [3.05, 3.63) is 34.8 Å². The highest BCUT2D eigenvalue weighted by Crippen LogP contribution is 2.37. The number of amides is 2. The molecule has 3 N–H and O–H groups in total. The average Bonchev–Trinajstić information content (AvgIpc) is 3.18. The first-order valence-corrected chi connectivity index (χ1v) is 7.80. The van der Waals surface area contributed by atoms with Crippen LogP contribution >= 0.6 is 11.3 Å². The van der Waals surface area contributed by atoms with Gasteiger partial charge in [0.2, 0.25) is 0 Å². The fraction of sp³-hybridized carbons (Fsp3) is 0.429. The number of H-pyrrole nitrogens is 1. The molecule has 5 nitrogen and oxygen atoms in total. The van der Waals surface area contributed by atoms with E-state index < -0.39 is 0 Å². The zero-order chi connectivity index (χ0) is 13.8. The van der Waals surface area contributed by atoms with Crippen LogP contribution in [0.4, 0.5) is 10.5 Å². The second-order valence-corrected chi connectivity index (χ2v) is 6.10. The van der Waals surface area contributed by atoms with Crippen LogP contribution in [0, 0.1) is 5.92 Å². The van der Waals surface area contributed by atoms with Gasteiger partial charge in [-0.1, -0.05) is 18.9 Å². The summed E-state index contributed by atoms with van der Waals surface area (Å²) in [6.45, 7) is 0. The highest BCUT2D eigenvalue weighted by molar-refractivity contribution is 7.10. The molecule has 1 aliphatic rings. The Morgan fingerprint density at radius 1 is 1.45 bits per heavy atom. The van der Waals surface area contributed by atoms with E-state index in [1.165, 1.54) is 30.6 Å². The lowest BCUT2D eigenvalue weighted by molar-refractivity contribution is 0.243. The van der Waals surface area contributed by atoms with Crippen molar-refractivity contribution in [2.45, 2.75) is 31.7 Å². The van der Waals surface area contributed by atoms with Crippen molar-refractivity contribution in [2.75, 3.05) is 5.32 Å². The Morgan fingerprint density at radius 3 is 2.95 bits per heavy atom. The van der Waals surface area contributed by atoms with Crippen LogP contribution in [0.1, 0.15) is 36.6 Å². The quantitative estimate of drug-likeness (QED) is 0.806. The Bertz CT molecular complexity index is 532. The zero-order valence-corrected chi connectivity index (χ0v) is 12.0. The fourth-order valence-electron chi connectivity index (χ4n) is 2.81. The summed E-state index contributed by atoms with van der Waals surface area (Å²) in [7, 11) is 0. The zero-order valence-electron chi connectivity index (χ0n) is 11.1. The molecule has 0 aromatic carbocycles. The maximum absolute atomic E-state index is 12.1. The molecule has 20 heavy (non-hydrogen) atoms. The van der Waals surface area contributed by atoms with Crippen molar-refractivity contribution < 1.29 is 4.79 Å². The number of hydrogen-bond acceptors (Lipinski definition) is 3. The number of hydrogen-bond donors (Lipinski definition) is 3. The third-order valence-corrected chi connectivity index (χ3v) is 4.72. The molecule has 3 rings (SSSR count). The number of carbonyl (C=O) groups excluding carboxylic acids is 1. The first-order valence-electron chi connectivity index (χ1n) is 6.92. The van der Waals surface area contributed by atoms with Crippen LogP contribution in [0.25, 0.3) is 0 Å². The van der Waals surface area contributed by atoms with E-state index in [0.717, 1.165) is 0 Å². The average molecular weight is 290 g/mol. The van der Waals surface area contributed by atoms with E-state index in [2.05, 4.69) is 32.3 Å².